The minimum Gasteiger partial charge on any atom is -0.465 e. The fourth-order valence-electron chi connectivity index (χ4n) is 2.29. The molecule has 116 valence electrons. The molecule has 0 aromatic carbocycles. The highest BCUT2D eigenvalue weighted by molar-refractivity contribution is 6.31. The van der Waals surface area contributed by atoms with Gasteiger partial charge in [-0.1, -0.05) is 11.6 Å². The van der Waals surface area contributed by atoms with Crippen molar-refractivity contribution >= 4 is 17.6 Å². The Morgan fingerprint density at radius 3 is 2.86 bits per heavy atom. The van der Waals surface area contributed by atoms with Crippen LogP contribution in [0.2, 0.25) is 5.02 Å². The predicted octanol–water partition coefficient (Wildman–Crippen LogP) is 3.11. The number of nitrogens with one attached hydrogen (secondary N) is 1. The van der Waals surface area contributed by atoms with Crippen LogP contribution in [0.4, 0.5) is 13.2 Å². The molecule has 2 heterocycles. The summed E-state index contributed by atoms with van der Waals surface area (Å²) in [5.41, 5.74) is -0.700. The molecular weight excluding hydrogens is 309 g/mol. The molecule has 1 aromatic rings. The van der Waals surface area contributed by atoms with E-state index in [9.17, 15) is 18.0 Å². The van der Waals surface area contributed by atoms with Crippen LogP contribution in [0.5, 0.6) is 0 Å². The van der Waals surface area contributed by atoms with Crippen molar-refractivity contribution in [3.05, 3.63) is 28.5 Å². The molecule has 0 unspecified atom stereocenters. The molecule has 0 aliphatic carbocycles. The number of halogens is 4. The minimum atomic E-state index is -4.53. The second-order valence-electron chi connectivity index (χ2n) is 4.69. The number of nitrogens with zero attached hydrogens (tertiary/aromatic N) is 1. The number of ether oxygens (including phenoxy) is 1. The average Bonchev–Trinajstić information content (AvgIpc) is 2.87. The van der Waals surface area contributed by atoms with Crippen molar-refractivity contribution in [2.75, 3.05) is 6.61 Å². The van der Waals surface area contributed by atoms with Crippen molar-refractivity contribution in [1.29, 1.82) is 0 Å². The van der Waals surface area contributed by atoms with Crippen LogP contribution in [0, 0.1) is 0 Å². The Hall–Kier alpha value is -1.34. The molecule has 2 atom stereocenters. The van der Waals surface area contributed by atoms with Crippen LogP contribution in [-0.2, 0) is 15.7 Å². The lowest BCUT2D eigenvalue weighted by Crippen LogP contribution is -2.33. The molecule has 0 amide bonds. The van der Waals surface area contributed by atoms with Gasteiger partial charge in [-0.05, 0) is 31.4 Å². The smallest absolute Gasteiger partial charge is 0.433 e. The maximum absolute atomic E-state index is 12.7. The minimum absolute atomic E-state index is 0.144. The lowest BCUT2D eigenvalue weighted by atomic mass is 10.1. The van der Waals surface area contributed by atoms with Gasteiger partial charge in [0, 0.05) is 12.2 Å². The standard InChI is InChI=1S/C13H14ClF3N2O2/c1-2-21-12(20)10-4-3-9(19-10)7-5-11(13(15,16)17)18-6-8(7)14/h5-6,9-10,19H,2-4H2,1H3/t9-,10-/m0/s1. The lowest BCUT2D eigenvalue weighted by Gasteiger charge is -2.16. The number of aromatic nitrogens is 1. The summed E-state index contributed by atoms with van der Waals surface area (Å²) in [5, 5.41) is 3.10. The van der Waals surface area contributed by atoms with Crippen molar-refractivity contribution in [2.24, 2.45) is 0 Å². The average molecular weight is 323 g/mol. The second-order valence-corrected chi connectivity index (χ2v) is 5.10. The van der Waals surface area contributed by atoms with Gasteiger partial charge in [-0.2, -0.15) is 13.2 Å². The molecule has 2 rings (SSSR count). The zero-order valence-electron chi connectivity index (χ0n) is 11.2. The summed E-state index contributed by atoms with van der Waals surface area (Å²) in [6.07, 6.45) is -2.55. The van der Waals surface area contributed by atoms with Crippen molar-refractivity contribution in [2.45, 2.75) is 38.0 Å². The molecule has 4 nitrogen and oxygen atoms in total. The van der Waals surface area contributed by atoms with Gasteiger partial charge < -0.3 is 4.74 Å². The third-order valence-electron chi connectivity index (χ3n) is 3.27. The van der Waals surface area contributed by atoms with Crippen LogP contribution >= 0.6 is 11.6 Å². The molecule has 1 saturated heterocycles. The highest BCUT2D eigenvalue weighted by Crippen LogP contribution is 2.35. The molecule has 21 heavy (non-hydrogen) atoms. The normalized spacial score (nSPS) is 22.3. The number of hydrogen-bond acceptors (Lipinski definition) is 4. The van der Waals surface area contributed by atoms with Crippen molar-refractivity contribution in [1.82, 2.24) is 10.3 Å². The monoisotopic (exact) mass is 322 g/mol. The fraction of sp³-hybridized carbons (Fsp3) is 0.538. The van der Waals surface area contributed by atoms with Gasteiger partial charge in [-0.15, -0.1) is 0 Å². The Morgan fingerprint density at radius 1 is 1.52 bits per heavy atom. The molecule has 8 heteroatoms. The Morgan fingerprint density at radius 2 is 2.24 bits per heavy atom. The van der Waals surface area contributed by atoms with Gasteiger partial charge in [-0.25, -0.2) is 0 Å². The van der Waals surface area contributed by atoms with Crippen LogP contribution in [0.25, 0.3) is 0 Å². The predicted molar refractivity (Wildman–Crippen MR) is 69.8 cm³/mol. The molecule has 0 bridgehead atoms. The quantitative estimate of drug-likeness (QED) is 0.869. The molecule has 1 fully saturated rings. The molecule has 1 N–H and O–H groups in total. The molecular formula is C13H14ClF3N2O2. The summed E-state index contributed by atoms with van der Waals surface area (Å²) in [7, 11) is 0. The fourth-order valence-corrected chi connectivity index (χ4v) is 2.53. The van der Waals surface area contributed by atoms with Gasteiger partial charge >= 0.3 is 12.1 Å². The van der Waals surface area contributed by atoms with Gasteiger partial charge in [-0.3, -0.25) is 15.1 Å². The molecule has 0 saturated carbocycles. The largest absolute Gasteiger partial charge is 0.465 e. The van der Waals surface area contributed by atoms with E-state index in [1.54, 1.807) is 6.92 Å². The highest BCUT2D eigenvalue weighted by atomic mass is 35.5. The van der Waals surface area contributed by atoms with Crippen LogP contribution in [-0.4, -0.2) is 23.6 Å². The number of hydrogen-bond donors (Lipinski definition) is 1. The van der Waals surface area contributed by atoms with E-state index >= 15 is 0 Å². The summed E-state index contributed by atoms with van der Waals surface area (Å²) < 4.78 is 43.0. The van der Waals surface area contributed by atoms with E-state index in [-0.39, 0.29) is 11.6 Å². The van der Waals surface area contributed by atoms with E-state index in [2.05, 4.69) is 10.3 Å². The first-order chi connectivity index (χ1) is 9.82. The van der Waals surface area contributed by atoms with E-state index in [0.29, 0.717) is 18.4 Å². The van der Waals surface area contributed by atoms with Gasteiger partial charge in [0.2, 0.25) is 0 Å². The van der Waals surface area contributed by atoms with E-state index in [1.807, 2.05) is 0 Å². The van der Waals surface area contributed by atoms with Crippen LogP contribution < -0.4 is 5.32 Å². The molecule has 1 aromatic heterocycles. The highest BCUT2D eigenvalue weighted by Gasteiger charge is 2.36. The van der Waals surface area contributed by atoms with Crippen LogP contribution in [0.3, 0.4) is 0 Å². The summed E-state index contributed by atoms with van der Waals surface area (Å²) in [6, 6.07) is -0.0161. The first-order valence-corrected chi connectivity index (χ1v) is 6.86. The van der Waals surface area contributed by atoms with Crippen LogP contribution in [0.15, 0.2) is 12.3 Å². The van der Waals surface area contributed by atoms with Gasteiger partial charge in [0.1, 0.15) is 11.7 Å². The third-order valence-corrected chi connectivity index (χ3v) is 3.58. The number of rotatable bonds is 3. The Kier molecular flexibility index (Phi) is 4.73. The maximum atomic E-state index is 12.7. The zero-order chi connectivity index (χ0) is 15.6. The molecule has 1 aliphatic heterocycles. The zero-order valence-corrected chi connectivity index (χ0v) is 12.0. The molecule has 1 aliphatic rings. The number of esters is 1. The van der Waals surface area contributed by atoms with Gasteiger partial charge in [0.05, 0.1) is 11.6 Å². The van der Waals surface area contributed by atoms with E-state index in [4.69, 9.17) is 16.3 Å². The number of pyridine rings is 1. The lowest BCUT2D eigenvalue weighted by molar-refractivity contribution is -0.145. The van der Waals surface area contributed by atoms with Crippen molar-refractivity contribution < 1.29 is 22.7 Å². The van der Waals surface area contributed by atoms with E-state index < -0.39 is 29.9 Å². The SMILES string of the molecule is CCOC(=O)[C@@H]1CC[C@@H](c2cc(C(F)(F)F)ncc2Cl)N1. The van der Waals surface area contributed by atoms with Crippen molar-refractivity contribution in [3.63, 3.8) is 0 Å². The number of carbonyl (C=O) groups is 1. The van der Waals surface area contributed by atoms with Gasteiger partial charge in [0.15, 0.2) is 0 Å². The van der Waals surface area contributed by atoms with Crippen LogP contribution in [0.1, 0.15) is 37.1 Å². The summed E-state index contributed by atoms with van der Waals surface area (Å²) in [6.45, 7) is 1.95. The summed E-state index contributed by atoms with van der Waals surface area (Å²) >= 11 is 5.93. The first kappa shape index (κ1) is 16.0. The molecule has 0 radical (unpaired) electrons. The summed E-state index contributed by atoms with van der Waals surface area (Å²) in [5.74, 6) is -0.402. The number of carbonyl (C=O) groups excluding carboxylic acids is 1. The molecule has 0 spiro atoms. The summed E-state index contributed by atoms with van der Waals surface area (Å²) in [4.78, 5) is 14.9. The topological polar surface area (TPSA) is 51.2 Å². The third kappa shape index (κ3) is 3.65. The van der Waals surface area contributed by atoms with Crippen molar-refractivity contribution in [3.8, 4) is 0 Å². The van der Waals surface area contributed by atoms with E-state index in [1.165, 1.54) is 0 Å². The van der Waals surface area contributed by atoms with E-state index in [0.717, 1.165) is 12.3 Å². The maximum Gasteiger partial charge on any atom is 0.433 e. The number of alkyl halides is 3. The Balaban J connectivity index is 2.18. The Bertz CT molecular complexity index is 537. The van der Waals surface area contributed by atoms with Gasteiger partial charge in [0.25, 0.3) is 0 Å². The second kappa shape index (κ2) is 6.19. The first-order valence-electron chi connectivity index (χ1n) is 6.48. The Labute approximate surface area is 124 Å².